The van der Waals surface area contributed by atoms with Gasteiger partial charge in [-0.05, 0) is 50.3 Å². The maximum atomic E-state index is 9.45. The predicted octanol–water partition coefficient (Wildman–Crippen LogP) is 3.71. The van der Waals surface area contributed by atoms with Crippen LogP contribution in [0, 0.1) is 11.3 Å². The number of nitriles is 1. The number of nitrogens with two attached hydrogens (primary N) is 1. The van der Waals surface area contributed by atoms with E-state index in [2.05, 4.69) is 22.3 Å². The Balaban J connectivity index is 1.62. The molecule has 138 valence electrons. The molecule has 1 unspecified atom stereocenters. The SMILES string of the molecule is CC(C)OC1CC=C(c2nc(-c3cccc4c3CC[C@@H]4N)no2)C=C1C#N. The average molecular weight is 362 g/mol. The third-order valence-corrected chi connectivity index (χ3v) is 5.01. The summed E-state index contributed by atoms with van der Waals surface area (Å²) in [5, 5.41) is 13.6. The van der Waals surface area contributed by atoms with Crippen LogP contribution >= 0.6 is 0 Å². The van der Waals surface area contributed by atoms with Crippen molar-refractivity contribution in [3.63, 3.8) is 0 Å². The molecule has 6 nitrogen and oxygen atoms in total. The summed E-state index contributed by atoms with van der Waals surface area (Å²) in [6, 6.07) is 8.36. The molecule has 0 saturated carbocycles. The van der Waals surface area contributed by atoms with Crippen molar-refractivity contribution in [1.29, 1.82) is 5.26 Å². The van der Waals surface area contributed by atoms with Crippen LogP contribution in [-0.2, 0) is 11.2 Å². The fraction of sp³-hybridized carbons (Fsp3) is 0.381. The molecule has 0 aliphatic heterocycles. The van der Waals surface area contributed by atoms with E-state index in [1.54, 1.807) is 6.08 Å². The first-order valence-corrected chi connectivity index (χ1v) is 9.26. The highest BCUT2D eigenvalue weighted by atomic mass is 16.5. The number of fused-ring (bicyclic) bond motifs is 1. The van der Waals surface area contributed by atoms with Crippen LogP contribution in [0.15, 0.2) is 40.4 Å². The zero-order valence-corrected chi connectivity index (χ0v) is 15.5. The first-order chi connectivity index (χ1) is 13.1. The van der Waals surface area contributed by atoms with E-state index in [-0.39, 0.29) is 18.2 Å². The Morgan fingerprint density at radius 2 is 2.22 bits per heavy atom. The van der Waals surface area contributed by atoms with Crippen molar-refractivity contribution >= 4 is 5.57 Å². The van der Waals surface area contributed by atoms with Gasteiger partial charge in [-0.3, -0.25) is 0 Å². The van der Waals surface area contributed by atoms with E-state index in [9.17, 15) is 5.26 Å². The second-order valence-corrected chi connectivity index (χ2v) is 7.22. The van der Waals surface area contributed by atoms with Gasteiger partial charge in [-0.25, -0.2) is 0 Å². The van der Waals surface area contributed by atoms with Crippen LogP contribution in [0.25, 0.3) is 17.0 Å². The van der Waals surface area contributed by atoms with E-state index in [1.807, 2.05) is 32.1 Å². The number of rotatable bonds is 4. The number of benzene rings is 1. The number of nitrogens with zero attached hydrogens (tertiary/aromatic N) is 3. The van der Waals surface area contributed by atoms with Gasteiger partial charge in [-0.1, -0.05) is 29.4 Å². The zero-order chi connectivity index (χ0) is 19.0. The Bertz CT molecular complexity index is 965. The summed E-state index contributed by atoms with van der Waals surface area (Å²) in [5.74, 6) is 0.977. The standard InChI is InChI=1S/C21H22N4O2/c1-12(2)26-19-9-6-13(10-14(19)11-22)21-24-20(25-27-21)17-5-3-4-16-15(17)7-8-18(16)23/h3-6,10,12,18-19H,7-9,23H2,1-2H3/t18-,19?/m0/s1. The van der Waals surface area contributed by atoms with Crippen LogP contribution in [0.4, 0.5) is 0 Å². The summed E-state index contributed by atoms with van der Waals surface area (Å²) in [7, 11) is 0. The molecule has 2 aromatic rings. The van der Waals surface area contributed by atoms with Gasteiger partial charge in [-0.15, -0.1) is 0 Å². The van der Waals surface area contributed by atoms with Gasteiger partial charge in [0.05, 0.1) is 23.9 Å². The van der Waals surface area contributed by atoms with E-state index < -0.39 is 0 Å². The van der Waals surface area contributed by atoms with Gasteiger partial charge in [0.1, 0.15) is 0 Å². The van der Waals surface area contributed by atoms with Gasteiger partial charge in [-0.2, -0.15) is 10.2 Å². The van der Waals surface area contributed by atoms with Crippen LogP contribution in [0.3, 0.4) is 0 Å². The van der Waals surface area contributed by atoms with E-state index >= 15 is 0 Å². The van der Waals surface area contributed by atoms with Crippen molar-refractivity contribution in [2.45, 2.75) is 51.4 Å². The molecule has 2 aliphatic rings. The minimum absolute atomic E-state index is 0.0586. The van der Waals surface area contributed by atoms with Crippen molar-refractivity contribution in [3.05, 3.63) is 52.9 Å². The van der Waals surface area contributed by atoms with Crippen LogP contribution < -0.4 is 5.73 Å². The molecule has 2 N–H and O–H groups in total. The molecule has 1 heterocycles. The molecular formula is C21H22N4O2. The van der Waals surface area contributed by atoms with Crippen LogP contribution in [0.5, 0.6) is 0 Å². The molecule has 0 saturated heterocycles. The summed E-state index contributed by atoms with van der Waals surface area (Å²) in [6.07, 6.45) is 6.07. The quantitative estimate of drug-likeness (QED) is 0.890. The highest BCUT2D eigenvalue weighted by Gasteiger charge is 2.26. The third kappa shape index (κ3) is 3.32. The average Bonchev–Trinajstić information content (AvgIpc) is 3.29. The fourth-order valence-electron chi connectivity index (χ4n) is 3.74. The zero-order valence-electron chi connectivity index (χ0n) is 15.5. The molecule has 2 aliphatic carbocycles. The number of ether oxygens (including phenoxy) is 1. The molecule has 1 aromatic heterocycles. The van der Waals surface area contributed by atoms with Crippen molar-refractivity contribution in [1.82, 2.24) is 10.1 Å². The van der Waals surface area contributed by atoms with Crippen molar-refractivity contribution in [2.75, 3.05) is 0 Å². The number of hydrogen-bond donors (Lipinski definition) is 1. The van der Waals surface area contributed by atoms with Gasteiger partial charge in [0, 0.05) is 17.2 Å². The van der Waals surface area contributed by atoms with Crippen molar-refractivity contribution in [2.24, 2.45) is 5.73 Å². The molecular weight excluding hydrogens is 340 g/mol. The van der Waals surface area contributed by atoms with Gasteiger partial charge in [0.25, 0.3) is 5.89 Å². The van der Waals surface area contributed by atoms with Gasteiger partial charge >= 0.3 is 0 Å². The minimum Gasteiger partial charge on any atom is -0.370 e. The highest BCUT2D eigenvalue weighted by Crippen LogP contribution is 2.36. The Hall–Kier alpha value is -2.75. The lowest BCUT2D eigenvalue weighted by molar-refractivity contribution is 0.0327. The lowest BCUT2D eigenvalue weighted by Crippen LogP contribution is -2.21. The summed E-state index contributed by atoms with van der Waals surface area (Å²) < 4.78 is 11.3. The first kappa shape index (κ1) is 17.7. The number of aromatic nitrogens is 2. The largest absolute Gasteiger partial charge is 0.370 e. The Labute approximate surface area is 158 Å². The Morgan fingerprint density at radius 3 is 3.00 bits per heavy atom. The molecule has 6 heteroatoms. The predicted molar refractivity (Wildman–Crippen MR) is 101 cm³/mol. The van der Waals surface area contributed by atoms with E-state index in [0.717, 1.165) is 29.5 Å². The fourth-order valence-corrected chi connectivity index (χ4v) is 3.74. The smallest absolute Gasteiger partial charge is 0.257 e. The minimum atomic E-state index is -0.222. The van der Waals surface area contributed by atoms with Gasteiger partial charge < -0.3 is 15.0 Å². The second-order valence-electron chi connectivity index (χ2n) is 7.22. The summed E-state index contributed by atoms with van der Waals surface area (Å²) in [6.45, 7) is 3.92. The van der Waals surface area contributed by atoms with E-state index in [4.69, 9.17) is 15.0 Å². The maximum Gasteiger partial charge on any atom is 0.257 e. The van der Waals surface area contributed by atoms with Crippen LogP contribution in [-0.4, -0.2) is 22.3 Å². The summed E-state index contributed by atoms with van der Waals surface area (Å²) in [5.41, 5.74) is 10.8. The Kier molecular flexibility index (Phi) is 4.65. The molecule has 0 spiro atoms. The molecule has 0 bridgehead atoms. The van der Waals surface area contributed by atoms with E-state index in [0.29, 0.717) is 23.7 Å². The van der Waals surface area contributed by atoms with Gasteiger partial charge in [0.2, 0.25) is 5.82 Å². The maximum absolute atomic E-state index is 9.45. The molecule has 27 heavy (non-hydrogen) atoms. The monoisotopic (exact) mass is 362 g/mol. The summed E-state index contributed by atoms with van der Waals surface area (Å²) >= 11 is 0. The molecule has 1 aromatic carbocycles. The second kappa shape index (κ2) is 7.10. The molecule has 2 atom stereocenters. The molecule has 0 fully saturated rings. The molecule has 4 rings (SSSR count). The lowest BCUT2D eigenvalue weighted by atomic mass is 9.97. The topological polar surface area (TPSA) is 98.0 Å². The lowest BCUT2D eigenvalue weighted by Gasteiger charge is -2.21. The van der Waals surface area contributed by atoms with Gasteiger partial charge in [0.15, 0.2) is 0 Å². The summed E-state index contributed by atoms with van der Waals surface area (Å²) in [4.78, 5) is 4.58. The number of hydrogen-bond acceptors (Lipinski definition) is 6. The van der Waals surface area contributed by atoms with Crippen LogP contribution in [0.2, 0.25) is 0 Å². The number of allylic oxidation sites excluding steroid dienone is 2. The van der Waals surface area contributed by atoms with Crippen molar-refractivity contribution in [3.8, 4) is 17.5 Å². The molecule has 0 amide bonds. The highest BCUT2D eigenvalue weighted by molar-refractivity contribution is 5.74. The van der Waals surface area contributed by atoms with Crippen molar-refractivity contribution < 1.29 is 9.26 Å². The Morgan fingerprint density at radius 1 is 1.37 bits per heavy atom. The third-order valence-electron chi connectivity index (χ3n) is 5.01. The molecule has 0 radical (unpaired) electrons. The first-order valence-electron chi connectivity index (χ1n) is 9.26. The van der Waals surface area contributed by atoms with Crippen LogP contribution in [0.1, 0.15) is 49.7 Å². The van der Waals surface area contributed by atoms with E-state index in [1.165, 1.54) is 5.56 Å². The normalized spacial score (nSPS) is 21.6.